The highest BCUT2D eigenvalue weighted by atomic mass is 19.4. The van der Waals surface area contributed by atoms with Crippen molar-refractivity contribution in [3.05, 3.63) is 143 Å². The first-order valence-corrected chi connectivity index (χ1v) is 17.5. The number of halogens is 3. The van der Waals surface area contributed by atoms with E-state index in [1.54, 1.807) is 66.7 Å². The zero-order valence-electron chi connectivity index (χ0n) is 28.7. The molecule has 2 fully saturated rings. The molecule has 1 saturated carbocycles. The molecule has 4 aromatic rings. The van der Waals surface area contributed by atoms with Crippen molar-refractivity contribution >= 4 is 40.4 Å². The van der Waals surface area contributed by atoms with Gasteiger partial charge in [0.05, 0.1) is 22.9 Å². The Morgan fingerprint density at radius 2 is 1.52 bits per heavy atom. The Labute approximate surface area is 307 Å². The predicted octanol–water partition coefficient (Wildman–Crippen LogP) is 7.52. The maximum Gasteiger partial charge on any atom is 0.573 e. The summed E-state index contributed by atoms with van der Waals surface area (Å²) >= 11 is 0. The lowest BCUT2D eigenvalue weighted by Gasteiger charge is -2.55. The van der Waals surface area contributed by atoms with Gasteiger partial charge in [-0.1, -0.05) is 72.3 Å². The Kier molecular flexibility index (Phi) is 8.28. The molecule has 0 spiro atoms. The third-order valence-electron chi connectivity index (χ3n) is 11.5. The number of benzene rings is 4. The summed E-state index contributed by atoms with van der Waals surface area (Å²) in [5, 5.41) is 11.5. The summed E-state index contributed by atoms with van der Waals surface area (Å²) in [7, 11) is 0. The van der Waals surface area contributed by atoms with Gasteiger partial charge in [0.25, 0.3) is 0 Å². The van der Waals surface area contributed by atoms with Crippen molar-refractivity contribution in [2.75, 3.05) is 4.90 Å². The van der Waals surface area contributed by atoms with Gasteiger partial charge in [-0.25, -0.2) is 0 Å². The number of carbonyl (C=O) groups excluding carboxylic acids is 5. The summed E-state index contributed by atoms with van der Waals surface area (Å²) in [6.07, 6.45) is -2.03. The van der Waals surface area contributed by atoms with E-state index in [4.69, 9.17) is 0 Å². The molecule has 8 rings (SSSR count). The summed E-state index contributed by atoms with van der Waals surface area (Å²) in [5.41, 5.74) is 0.312. The lowest BCUT2D eigenvalue weighted by Crippen LogP contribution is -2.58. The molecule has 1 aliphatic heterocycles. The van der Waals surface area contributed by atoms with E-state index >= 15 is 9.59 Å². The Morgan fingerprint density at radius 1 is 0.852 bits per heavy atom. The fraction of sp³-hybridized carbons (Fsp3) is 0.233. The Hall–Kier alpha value is -6.10. The molecule has 8 nitrogen and oxygen atoms in total. The standard InChI is InChI=1S/C43H32F3NO7/c1-23(48)24-12-14-27(15-13-24)47-40(52)30-18-17-29-32(37(30)41(47)53)21-34-39(51)31(25-8-4-2-5-9-25)22-36(50)42(34,26-10-6-3-7-11-26)38(29)33-20-28(16-19-35(33)49)54-43(44,45)46/h2-17,19-20,22,30,32,34,37-38,49H,18,21H2,1H3/t30-,32+,34-,37-,38+,42-/m0/s1. The molecule has 272 valence electrons. The van der Waals surface area contributed by atoms with Crippen LogP contribution in [-0.4, -0.2) is 40.6 Å². The summed E-state index contributed by atoms with van der Waals surface area (Å²) in [4.78, 5) is 71.8. The lowest BCUT2D eigenvalue weighted by molar-refractivity contribution is -0.274. The maximum atomic E-state index is 15.1. The fourth-order valence-electron chi connectivity index (χ4n) is 9.28. The molecular formula is C43H32F3NO7. The van der Waals surface area contributed by atoms with Gasteiger partial charge in [-0.05, 0) is 85.4 Å². The number of phenols is 1. The summed E-state index contributed by atoms with van der Waals surface area (Å²) in [6.45, 7) is 1.40. The number of ketones is 3. The van der Waals surface area contributed by atoms with Crippen molar-refractivity contribution in [2.24, 2.45) is 23.7 Å². The molecule has 4 aliphatic rings. The van der Waals surface area contributed by atoms with Crippen molar-refractivity contribution in [3.63, 3.8) is 0 Å². The number of carbonyl (C=O) groups is 5. The molecule has 4 aromatic carbocycles. The SMILES string of the molecule is CC(=O)c1ccc(N2C(=O)[C@H]3[C@H](CC=C4[C@H]3C[C@H]3C(=O)C(c5ccccc5)=CC(=O)[C@@]3(c3ccccc3)[C@H]4c3cc(OC(F)(F)F)ccc3O)C2=O)cc1. The van der Waals surface area contributed by atoms with Gasteiger partial charge < -0.3 is 9.84 Å². The Bertz CT molecular complexity index is 2300. The molecule has 1 saturated heterocycles. The highest BCUT2D eigenvalue weighted by molar-refractivity contribution is 6.32. The first-order chi connectivity index (χ1) is 25.8. The predicted molar refractivity (Wildman–Crippen MR) is 190 cm³/mol. The number of nitrogens with zero attached hydrogens (tertiary/aromatic N) is 1. The number of fused-ring (bicyclic) bond motifs is 4. The summed E-state index contributed by atoms with van der Waals surface area (Å²) in [6, 6.07) is 26.3. The minimum atomic E-state index is -5.08. The van der Waals surface area contributed by atoms with Gasteiger partial charge >= 0.3 is 6.36 Å². The van der Waals surface area contributed by atoms with E-state index in [0.29, 0.717) is 22.3 Å². The van der Waals surface area contributed by atoms with Crippen LogP contribution in [0.25, 0.3) is 5.57 Å². The largest absolute Gasteiger partial charge is 0.573 e. The van der Waals surface area contributed by atoms with Gasteiger partial charge in [-0.2, -0.15) is 0 Å². The van der Waals surface area contributed by atoms with E-state index in [1.807, 2.05) is 0 Å². The molecular weight excluding hydrogens is 699 g/mol. The molecule has 54 heavy (non-hydrogen) atoms. The van der Waals surface area contributed by atoms with Gasteiger partial charge in [-0.3, -0.25) is 28.9 Å². The summed E-state index contributed by atoms with van der Waals surface area (Å²) in [5.74, 6) is -8.26. The molecule has 6 atom stereocenters. The number of imide groups is 1. The van der Waals surface area contributed by atoms with E-state index in [1.165, 1.54) is 37.3 Å². The van der Waals surface area contributed by atoms with Crippen LogP contribution in [0.4, 0.5) is 18.9 Å². The van der Waals surface area contributed by atoms with Gasteiger partial charge in [0.15, 0.2) is 17.3 Å². The highest BCUT2D eigenvalue weighted by Crippen LogP contribution is 2.64. The molecule has 2 amide bonds. The zero-order valence-corrected chi connectivity index (χ0v) is 28.7. The number of rotatable bonds is 6. The number of allylic oxidation sites excluding steroid dienone is 4. The van der Waals surface area contributed by atoms with E-state index in [9.17, 15) is 32.7 Å². The van der Waals surface area contributed by atoms with E-state index < -0.39 is 76.2 Å². The maximum absolute atomic E-state index is 15.1. The van der Waals surface area contributed by atoms with Crippen molar-refractivity contribution in [2.45, 2.75) is 37.5 Å². The lowest BCUT2D eigenvalue weighted by atomic mass is 9.44. The molecule has 1 N–H and O–H groups in total. The van der Waals surface area contributed by atoms with Crippen LogP contribution in [0.15, 0.2) is 121 Å². The number of phenolic OH excluding ortho intramolecular Hbond substituents is 1. The molecule has 0 unspecified atom stereocenters. The minimum absolute atomic E-state index is 0.0389. The van der Waals surface area contributed by atoms with Crippen LogP contribution >= 0.6 is 0 Å². The van der Waals surface area contributed by atoms with Crippen molar-refractivity contribution in [1.29, 1.82) is 0 Å². The zero-order chi connectivity index (χ0) is 38.1. The minimum Gasteiger partial charge on any atom is -0.508 e. The first-order valence-electron chi connectivity index (χ1n) is 17.5. The van der Waals surface area contributed by atoms with Gasteiger partial charge in [-0.15, -0.1) is 13.2 Å². The van der Waals surface area contributed by atoms with Crippen LogP contribution in [0.3, 0.4) is 0 Å². The Morgan fingerprint density at radius 3 is 2.17 bits per heavy atom. The third kappa shape index (κ3) is 5.40. The summed E-state index contributed by atoms with van der Waals surface area (Å²) < 4.78 is 45.0. The monoisotopic (exact) mass is 731 g/mol. The number of ether oxygens (including phenoxy) is 1. The number of hydrogen-bond acceptors (Lipinski definition) is 7. The molecule has 0 bridgehead atoms. The normalized spacial score (nSPS) is 26.4. The molecule has 0 radical (unpaired) electrons. The first kappa shape index (κ1) is 35.0. The smallest absolute Gasteiger partial charge is 0.508 e. The fourth-order valence-corrected chi connectivity index (χ4v) is 9.28. The second kappa shape index (κ2) is 12.8. The van der Waals surface area contributed by atoms with Crippen LogP contribution < -0.4 is 9.64 Å². The number of anilines is 1. The van der Waals surface area contributed by atoms with E-state index in [2.05, 4.69) is 4.74 Å². The average molecular weight is 732 g/mol. The second-order valence-corrected chi connectivity index (χ2v) is 14.2. The molecule has 1 heterocycles. The topological polar surface area (TPSA) is 118 Å². The van der Waals surface area contributed by atoms with Gasteiger partial charge in [0.1, 0.15) is 11.5 Å². The number of hydrogen-bond donors (Lipinski definition) is 1. The van der Waals surface area contributed by atoms with Crippen LogP contribution in [-0.2, 0) is 24.6 Å². The molecule has 0 aromatic heterocycles. The third-order valence-corrected chi connectivity index (χ3v) is 11.5. The van der Waals surface area contributed by atoms with Gasteiger partial charge in [0, 0.05) is 28.5 Å². The van der Waals surface area contributed by atoms with Crippen LogP contribution in [0.5, 0.6) is 11.5 Å². The number of amides is 2. The van der Waals surface area contributed by atoms with Crippen LogP contribution in [0.2, 0.25) is 0 Å². The van der Waals surface area contributed by atoms with Crippen molar-refractivity contribution < 1.29 is 47.0 Å². The van der Waals surface area contributed by atoms with Gasteiger partial charge in [0.2, 0.25) is 11.8 Å². The highest BCUT2D eigenvalue weighted by Gasteiger charge is 2.66. The van der Waals surface area contributed by atoms with Crippen molar-refractivity contribution in [1.82, 2.24) is 0 Å². The number of Topliss-reactive ketones (excluding diaryl/α,β-unsaturated/α-hetero) is 2. The number of alkyl halides is 3. The van der Waals surface area contributed by atoms with E-state index in [-0.39, 0.29) is 35.4 Å². The molecule has 11 heteroatoms. The average Bonchev–Trinajstić information content (AvgIpc) is 3.42. The second-order valence-electron chi connectivity index (χ2n) is 14.2. The van der Waals surface area contributed by atoms with Crippen LogP contribution in [0.1, 0.15) is 52.7 Å². The van der Waals surface area contributed by atoms with E-state index in [0.717, 1.165) is 23.1 Å². The number of aromatic hydroxyl groups is 1. The van der Waals surface area contributed by atoms with Crippen LogP contribution in [0, 0.1) is 23.7 Å². The quantitative estimate of drug-likeness (QED) is 0.124. The molecule has 3 aliphatic carbocycles. The van der Waals surface area contributed by atoms with Crippen molar-refractivity contribution in [3.8, 4) is 11.5 Å². The Balaban J connectivity index is 1.35.